The van der Waals surface area contributed by atoms with E-state index in [-0.39, 0.29) is 11.3 Å². The van der Waals surface area contributed by atoms with Crippen molar-refractivity contribution in [3.8, 4) is 0 Å². The van der Waals surface area contributed by atoms with Crippen molar-refractivity contribution in [3.63, 3.8) is 0 Å². The van der Waals surface area contributed by atoms with E-state index in [4.69, 9.17) is 9.47 Å². The number of rotatable bonds is 3. The van der Waals surface area contributed by atoms with Crippen LogP contribution in [-0.4, -0.2) is 48.9 Å². The van der Waals surface area contributed by atoms with Crippen molar-refractivity contribution in [2.24, 2.45) is 11.8 Å². The molecule has 2 saturated heterocycles. The summed E-state index contributed by atoms with van der Waals surface area (Å²) in [6.07, 6.45) is 3.61. The highest BCUT2D eigenvalue weighted by atomic mass is 16.5. The second-order valence-corrected chi connectivity index (χ2v) is 7.88. The van der Waals surface area contributed by atoms with E-state index in [0.29, 0.717) is 0 Å². The SMILES string of the molecule is COC(=O)c1ccccc1N1C(=O)[C@@H]2[C@H](C1=O)[C@H]1c3ccccc3C=CN1[C@@H]2C(=O)OC. The number of hydrogen-bond donors (Lipinski definition) is 0. The number of methoxy groups -OCH3 is 2. The molecule has 2 aromatic rings. The molecular formula is C24H20N2O6. The molecule has 3 aliphatic heterocycles. The third kappa shape index (κ3) is 2.62. The summed E-state index contributed by atoms with van der Waals surface area (Å²) in [6, 6.07) is 12.4. The fraction of sp³-hybridized carbons (Fsp3) is 0.250. The molecular weight excluding hydrogens is 412 g/mol. The molecule has 2 amide bonds. The van der Waals surface area contributed by atoms with Crippen molar-refractivity contribution >= 4 is 35.5 Å². The van der Waals surface area contributed by atoms with Gasteiger partial charge in [-0.05, 0) is 29.3 Å². The van der Waals surface area contributed by atoms with Gasteiger partial charge in [0.15, 0.2) is 0 Å². The first-order valence-electron chi connectivity index (χ1n) is 10.2. The van der Waals surface area contributed by atoms with Crippen LogP contribution in [0, 0.1) is 11.8 Å². The highest BCUT2D eigenvalue weighted by molar-refractivity contribution is 6.25. The molecule has 32 heavy (non-hydrogen) atoms. The predicted octanol–water partition coefficient (Wildman–Crippen LogP) is 2.16. The molecule has 8 heteroatoms. The van der Waals surface area contributed by atoms with E-state index in [0.717, 1.165) is 16.0 Å². The number of carbonyl (C=O) groups is 4. The molecule has 0 saturated carbocycles. The number of benzene rings is 2. The van der Waals surface area contributed by atoms with Crippen LogP contribution in [0.1, 0.15) is 27.5 Å². The smallest absolute Gasteiger partial charge is 0.339 e. The van der Waals surface area contributed by atoms with Crippen molar-refractivity contribution in [1.82, 2.24) is 4.90 Å². The molecule has 4 atom stereocenters. The Hall–Kier alpha value is -3.94. The van der Waals surface area contributed by atoms with Crippen LogP contribution >= 0.6 is 0 Å². The number of ether oxygens (including phenoxy) is 2. The lowest BCUT2D eigenvalue weighted by atomic mass is 9.84. The number of para-hydroxylation sites is 1. The minimum atomic E-state index is -0.952. The zero-order valence-corrected chi connectivity index (χ0v) is 17.4. The van der Waals surface area contributed by atoms with Crippen molar-refractivity contribution in [2.45, 2.75) is 12.1 Å². The van der Waals surface area contributed by atoms with Gasteiger partial charge in [0.05, 0.1) is 43.3 Å². The summed E-state index contributed by atoms with van der Waals surface area (Å²) in [4.78, 5) is 55.2. The number of nitrogens with zero attached hydrogens (tertiary/aromatic N) is 2. The first-order chi connectivity index (χ1) is 15.5. The first kappa shape index (κ1) is 20.0. The lowest BCUT2D eigenvalue weighted by molar-refractivity contribution is -0.148. The number of fused-ring (bicyclic) bond motifs is 5. The molecule has 8 nitrogen and oxygen atoms in total. The average molecular weight is 432 g/mol. The van der Waals surface area contributed by atoms with E-state index in [2.05, 4.69) is 0 Å². The molecule has 0 unspecified atom stereocenters. The molecule has 0 radical (unpaired) electrons. The van der Waals surface area contributed by atoms with Crippen molar-refractivity contribution in [3.05, 3.63) is 71.4 Å². The van der Waals surface area contributed by atoms with Crippen LogP contribution in [0.4, 0.5) is 5.69 Å². The Morgan fingerprint density at radius 3 is 2.31 bits per heavy atom. The molecule has 3 heterocycles. The van der Waals surface area contributed by atoms with Crippen LogP contribution in [0.25, 0.3) is 6.08 Å². The van der Waals surface area contributed by atoms with Crippen molar-refractivity contribution in [2.75, 3.05) is 19.1 Å². The number of amides is 2. The second kappa shape index (κ2) is 7.33. The summed E-state index contributed by atoms with van der Waals surface area (Å²) in [7, 11) is 2.50. The summed E-state index contributed by atoms with van der Waals surface area (Å²) in [6.45, 7) is 0. The van der Waals surface area contributed by atoms with E-state index < -0.39 is 47.7 Å². The van der Waals surface area contributed by atoms with Gasteiger partial charge in [-0.1, -0.05) is 36.4 Å². The lowest BCUT2D eigenvalue weighted by Gasteiger charge is -2.34. The summed E-state index contributed by atoms with van der Waals surface area (Å²) in [5, 5.41) is 0. The van der Waals surface area contributed by atoms with E-state index in [1.54, 1.807) is 23.2 Å². The lowest BCUT2D eigenvalue weighted by Crippen LogP contribution is -2.45. The minimum absolute atomic E-state index is 0.104. The molecule has 0 bridgehead atoms. The van der Waals surface area contributed by atoms with Gasteiger partial charge in [-0.15, -0.1) is 0 Å². The van der Waals surface area contributed by atoms with E-state index in [1.807, 2.05) is 30.3 Å². The van der Waals surface area contributed by atoms with E-state index >= 15 is 0 Å². The Labute approximate surface area is 184 Å². The van der Waals surface area contributed by atoms with Gasteiger partial charge >= 0.3 is 11.9 Å². The van der Waals surface area contributed by atoms with Crippen LogP contribution in [0.2, 0.25) is 0 Å². The zero-order chi connectivity index (χ0) is 22.6. The van der Waals surface area contributed by atoms with E-state index in [9.17, 15) is 19.2 Å². The number of carbonyl (C=O) groups excluding carboxylic acids is 4. The summed E-state index contributed by atoms with van der Waals surface area (Å²) in [5.41, 5.74) is 2.04. The molecule has 162 valence electrons. The fourth-order valence-corrected chi connectivity index (χ4v) is 5.14. The maximum absolute atomic E-state index is 13.7. The Morgan fingerprint density at radius 1 is 0.875 bits per heavy atom. The normalized spacial score (nSPS) is 25.3. The number of imide groups is 1. The van der Waals surface area contributed by atoms with Crippen LogP contribution < -0.4 is 4.90 Å². The molecule has 0 aliphatic carbocycles. The highest BCUT2D eigenvalue weighted by Crippen LogP contribution is 2.53. The summed E-state index contributed by atoms with van der Waals surface area (Å²) in [5.74, 6) is -3.98. The molecule has 0 aromatic heterocycles. The molecule has 0 N–H and O–H groups in total. The Morgan fingerprint density at radius 2 is 1.56 bits per heavy atom. The number of anilines is 1. The van der Waals surface area contributed by atoms with Crippen molar-refractivity contribution < 1.29 is 28.7 Å². The molecule has 2 fully saturated rings. The quantitative estimate of drug-likeness (QED) is 0.542. The number of esters is 2. The van der Waals surface area contributed by atoms with Gasteiger partial charge in [0.1, 0.15) is 6.04 Å². The molecule has 5 rings (SSSR count). The third-order valence-corrected chi connectivity index (χ3v) is 6.45. The summed E-state index contributed by atoms with van der Waals surface area (Å²) < 4.78 is 9.84. The Bertz CT molecular complexity index is 1190. The maximum atomic E-state index is 13.7. The maximum Gasteiger partial charge on any atom is 0.339 e. The Balaban J connectivity index is 1.66. The van der Waals surface area contributed by atoms with E-state index in [1.165, 1.54) is 26.4 Å². The topological polar surface area (TPSA) is 93.2 Å². The Kier molecular flexibility index (Phi) is 4.58. The van der Waals surface area contributed by atoms with Crippen LogP contribution in [0.15, 0.2) is 54.7 Å². The van der Waals surface area contributed by atoms with Gasteiger partial charge in [-0.3, -0.25) is 9.59 Å². The summed E-state index contributed by atoms with van der Waals surface area (Å²) >= 11 is 0. The fourth-order valence-electron chi connectivity index (χ4n) is 5.14. The highest BCUT2D eigenvalue weighted by Gasteiger charge is 2.65. The minimum Gasteiger partial charge on any atom is -0.467 e. The zero-order valence-electron chi connectivity index (χ0n) is 17.4. The standard InChI is InChI=1S/C24H20N2O6/c1-31-23(29)15-9-5-6-10-16(15)26-21(27)17-18(22(26)28)20(24(30)32-2)25-12-11-13-7-3-4-8-14(13)19(17)25/h3-12,17-20H,1-2H3/t17-,18+,19+,20-/m0/s1. The third-order valence-electron chi connectivity index (χ3n) is 6.45. The molecule has 0 spiro atoms. The van der Waals surface area contributed by atoms with Crippen LogP contribution in [0.3, 0.4) is 0 Å². The second-order valence-electron chi connectivity index (χ2n) is 7.88. The number of hydrogen-bond acceptors (Lipinski definition) is 7. The monoisotopic (exact) mass is 432 g/mol. The van der Waals surface area contributed by atoms with Gasteiger partial charge in [-0.2, -0.15) is 0 Å². The van der Waals surface area contributed by atoms with Crippen LogP contribution in [0.5, 0.6) is 0 Å². The van der Waals surface area contributed by atoms with Gasteiger partial charge in [0, 0.05) is 6.20 Å². The van der Waals surface area contributed by atoms with Gasteiger partial charge < -0.3 is 14.4 Å². The van der Waals surface area contributed by atoms with Gasteiger partial charge in [0.2, 0.25) is 11.8 Å². The predicted molar refractivity (Wildman–Crippen MR) is 113 cm³/mol. The van der Waals surface area contributed by atoms with Crippen LogP contribution in [-0.2, 0) is 23.9 Å². The average Bonchev–Trinajstić information content (AvgIpc) is 3.30. The van der Waals surface area contributed by atoms with Gasteiger partial charge in [-0.25, -0.2) is 14.5 Å². The molecule has 2 aromatic carbocycles. The molecule has 3 aliphatic rings. The first-order valence-corrected chi connectivity index (χ1v) is 10.2. The van der Waals surface area contributed by atoms with Crippen molar-refractivity contribution in [1.29, 1.82) is 0 Å². The van der Waals surface area contributed by atoms with Gasteiger partial charge in [0.25, 0.3) is 0 Å². The largest absolute Gasteiger partial charge is 0.467 e.